The van der Waals surface area contributed by atoms with Gasteiger partial charge in [-0.05, 0) is 26.0 Å². The second-order valence-electron chi connectivity index (χ2n) is 5.67. The van der Waals surface area contributed by atoms with E-state index in [4.69, 9.17) is 4.74 Å². The van der Waals surface area contributed by atoms with Gasteiger partial charge in [0.15, 0.2) is 0 Å². The Morgan fingerprint density at radius 2 is 2.00 bits per heavy atom. The first kappa shape index (κ1) is 15.7. The number of aromatic nitrogens is 2. The van der Waals surface area contributed by atoms with Crippen LogP contribution in [0.1, 0.15) is 11.4 Å². The summed E-state index contributed by atoms with van der Waals surface area (Å²) in [6.45, 7) is 4.92. The summed E-state index contributed by atoms with van der Waals surface area (Å²) < 4.78 is 35.2. The van der Waals surface area contributed by atoms with Gasteiger partial charge in [-0.15, -0.1) is 0 Å². The van der Waals surface area contributed by atoms with Crippen LogP contribution in [0, 0.1) is 13.8 Å². The zero-order valence-corrected chi connectivity index (χ0v) is 14.4. The second-order valence-corrected chi connectivity index (χ2v) is 7.36. The van der Waals surface area contributed by atoms with Gasteiger partial charge in [0.05, 0.1) is 34.2 Å². The Morgan fingerprint density at radius 1 is 1.26 bits per heavy atom. The summed E-state index contributed by atoms with van der Waals surface area (Å²) in [5.74, 6) is 0.584. The molecule has 8 heteroatoms. The van der Waals surface area contributed by atoms with Gasteiger partial charge in [0, 0.05) is 20.2 Å². The molecule has 0 amide bonds. The fourth-order valence-corrected chi connectivity index (χ4v) is 3.81. The standard InChI is InChI=1S/C15H20N4O3S/c1-10-15(11(2)19(4)16-10)17-23(20,21)12-5-6-13-14(9-12)22-8-7-18(13)3/h5-6,9,17H,7-8H2,1-4H3. The van der Waals surface area contributed by atoms with Crippen molar-refractivity contribution in [3.63, 3.8) is 0 Å². The summed E-state index contributed by atoms with van der Waals surface area (Å²) in [7, 11) is 0.0371. The number of fused-ring (bicyclic) bond motifs is 1. The molecule has 23 heavy (non-hydrogen) atoms. The molecule has 0 aliphatic carbocycles. The number of nitrogens with zero attached hydrogens (tertiary/aromatic N) is 3. The van der Waals surface area contributed by atoms with E-state index in [1.54, 1.807) is 36.9 Å². The van der Waals surface area contributed by atoms with Crippen molar-refractivity contribution in [2.24, 2.45) is 7.05 Å². The van der Waals surface area contributed by atoms with Crippen LogP contribution in [0.3, 0.4) is 0 Å². The van der Waals surface area contributed by atoms with E-state index in [-0.39, 0.29) is 4.90 Å². The molecule has 0 spiro atoms. The maximum absolute atomic E-state index is 12.7. The number of aryl methyl sites for hydroxylation is 2. The van der Waals surface area contributed by atoms with Gasteiger partial charge in [0.1, 0.15) is 12.4 Å². The first-order valence-electron chi connectivity index (χ1n) is 7.30. The lowest BCUT2D eigenvalue weighted by atomic mass is 10.2. The van der Waals surface area contributed by atoms with Crippen molar-refractivity contribution in [1.29, 1.82) is 0 Å². The van der Waals surface area contributed by atoms with E-state index in [9.17, 15) is 8.42 Å². The van der Waals surface area contributed by atoms with Gasteiger partial charge in [-0.3, -0.25) is 9.40 Å². The zero-order chi connectivity index (χ0) is 16.8. The Hall–Kier alpha value is -2.22. The molecule has 1 aliphatic heterocycles. The van der Waals surface area contributed by atoms with E-state index >= 15 is 0 Å². The summed E-state index contributed by atoms with van der Waals surface area (Å²) in [6, 6.07) is 4.92. The van der Waals surface area contributed by atoms with Gasteiger partial charge < -0.3 is 9.64 Å². The lowest BCUT2D eigenvalue weighted by molar-refractivity contribution is 0.310. The number of hydrogen-bond acceptors (Lipinski definition) is 5. The number of likely N-dealkylation sites (N-methyl/N-ethyl adjacent to an activating group) is 1. The molecule has 2 heterocycles. The van der Waals surface area contributed by atoms with Crippen molar-refractivity contribution in [1.82, 2.24) is 9.78 Å². The molecule has 0 radical (unpaired) electrons. The number of anilines is 2. The summed E-state index contributed by atoms with van der Waals surface area (Å²) in [6.07, 6.45) is 0. The van der Waals surface area contributed by atoms with Gasteiger partial charge in [0.25, 0.3) is 10.0 Å². The number of nitrogens with one attached hydrogen (secondary N) is 1. The highest BCUT2D eigenvalue weighted by molar-refractivity contribution is 7.92. The van der Waals surface area contributed by atoms with Crippen molar-refractivity contribution in [3.05, 3.63) is 29.6 Å². The molecule has 0 unspecified atom stereocenters. The van der Waals surface area contributed by atoms with E-state index in [1.165, 1.54) is 0 Å². The molecule has 1 aliphatic rings. The number of hydrogen-bond donors (Lipinski definition) is 1. The predicted octanol–water partition coefficient (Wildman–Crippen LogP) is 1.67. The van der Waals surface area contributed by atoms with Crippen molar-refractivity contribution >= 4 is 21.4 Å². The number of benzene rings is 1. The van der Waals surface area contributed by atoms with Crippen molar-refractivity contribution < 1.29 is 13.2 Å². The lowest BCUT2D eigenvalue weighted by Gasteiger charge is -2.27. The third-order valence-corrected chi connectivity index (χ3v) is 5.43. The van der Waals surface area contributed by atoms with Gasteiger partial charge in [-0.2, -0.15) is 5.10 Å². The molecule has 0 atom stereocenters. The average Bonchev–Trinajstić information content (AvgIpc) is 2.73. The van der Waals surface area contributed by atoms with E-state index in [0.717, 1.165) is 17.9 Å². The van der Waals surface area contributed by atoms with Gasteiger partial charge >= 0.3 is 0 Å². The van der Waals surface area contributed by atoms with E-state index in [0.29, 0.717) is 23.7 Å². The highest BCUT2D eigenvalue weighted by Crippen LogP contribution is 2.33. The highest BCUT2D eigenvalue weighted by atomic mass is 32.2. The molecular formula is C15H20N4O3S. The molecule has 1 N–H and O–H groups in total. The summed E-state index contributed by atoms with van der Waals surface area (Å²) >= 11 is 0. The van der Waals surface area contributed by atoms with E-state index in [1.807, 2.05) is 18.9 Å². The highest BCUT2D eigenvalue weighted by Gasteiger charge is 2.22. The molecule has 124 valence electrons. The van der Waals surface area contributed by atoms with Crippen molar-refractivity contribution in [2.75, 3.05) is 29.8 Å². The van der Waals surface area contributed by atoms with Gasteiger partial charge in [0.2, 0.25) is 0 Å². The number of ether oxygens (including phenoxy) is 1. The van der Waals surface area contributed by atoms with E-state index in [2.05, 4.69) is 9.82 Å². The minimum atomic E-state index is -3.70. The molecule has 7 nitrogen and oxygen atoms in total. The number of rotatable bonds is 3. The molecular weight excluding hydrogens is 316 g/mol. The fourth-order valence-electron chi connectivity index (χ4n) is 2.62. The molecule has 3 rings (SSSR count). The van der Waals surface area contributed by atoms with Crippen LogP contribution in [-0.4, -0.2) is 38.4 Å². The SMILES string of the molecule is Cc1nn(C)c(C)c1NS(=O)(=O)c1ccc2c(c1)OCCN2C. The molecule has 1 aromatic carbocycles. The first-order chi connectivity index (χ1) is 10.8. The lowest BCUT2D eigenvalue weighted by Crippen LogP contribution is -2.29. The Bertz CT molecular complexity index is 858. The van der Waals surface area contributed by atoms with Crippen LogP contribution in [0.25, 0.3) is 0 Å². The van der Waals surface area contributed by atoms with Gasteiger partial charge in [-0.1, -0.05) is 0 Å². The Balaban J connectivity index is 1.97. The monoisotopic (exact) mass is 336 g/mol. The summed E-state index contributed by atoms with van der Waals surface area (Å²) in [4.78, 5) is 2.21. The first-order valence-corrected chi connectivity index (χ1v) is 8.79. The smallest absolute Gasteiger partial charge is 0.262 e. The zero-order valence-electron chi connectivity index (χ0n) is 13.6. The third kappa shape index (κ3) is 2.74. The molecule has 0 fully saturated rings. The maximum atomic E-state index is 12.7. The van der Waals surface area contributed by atoms with Crippen LogP contribution >= 0.6 is 0 Å². The molecule has 0 saturated carbocycles. The van der Waals surface area contributed by atoms with Crippen LogP contribution in [0.4, 0.5) is 11.4 Å². The third-order valence-electron chi connectivity index (χ3n) is 4.08. The van der Waals surface area contributed by atoms with Crippen LogP contribution in [0.15, 0.2) is 23.1 Å². The summed E-state index contributed by atoms with van der Waals surface area (Å²) in [5, 5.41) is 4.23. The Kier molecular flexibility index (Phi) is 3.71. The fraction of sp³-hybridized carbons (Fsp3) is 0.400. The topological polar surface area (TPSA) is 76.5 Å². The molecule has 0 bridgehead atoms. The van der Waals surface area contributed by atoms with Crippen molar-refractivity contribution in [3.8, 4) is 5.75 Å². The minimum absolute atomic E-state index is 0.175. The Morgan fingerprint density at radius 3 is 2.65 bits per heavy atom. The van der Waals surface area contributed by atoms with Gasteiger partial charge in [-0.25, -0.2) is 8.42 Å². The van der Waals surface area contributed by atoms with Crippen LogP contribution in [0.2, 0.25) is 0 Å². The maximum Gasteiger partial charge on any atom is 0.262 e. The molecule has 2 aromatic rings. The van der Waals surface area contributed by atoms with E-state index < -0.39 is 10.0 Å². The van der Waals surface area contributed by atoms with Crippen molar-refractivity contribution in [2.45, 2.75) is 18.7 Å². The number of sulfonamides is 1. The molecule has 0 saturated heterocycles. The van der Waals surface area contributed by atoms with Crippen LogP contribution in [0.5, 0.6) is 5.75 Å². The Labute approximate surface area is 135 Å². The van der Waals surface area contributed by atoms with Crippen LogP contribution in [-0.2, 0) is 17.1 Å². The molecule has 1 aromatic heterocycles. The predicted molar refractivity (Wildman–Crippen MR) is 88.7 cm³/mol. The largest absolute Gasteiger partial charge is 0.490 e. The normalized spacial score (nSPS) is 14.3. The second kappa shape index (κ2) is 5.45. The quantitative estimate of drug-likeness (QED) is 0.922. The van der Waals surface area contributed by atoms with Crippen LogP contribution < -0.4 is 14.4 Å². The average molecular weight is 336 g/mol. The minimum Gasteiger partial charge on any atom is -0.490 e. The summed E-state index contributed by atoms with van der Waals surface area (Å²) in [5.41, 5.74) is 2.81.